The summed E-state index contributed by atoms with van der Waals surface area (Å²) in [6.07, 6.45) is 3.11. The molecule has 1 atom stereocenters. The van der Waals surface area contributed by atoms with Crippen LogP contribution < -0.4 is 10.5 Å². The number of benzene rings is 1. The SMILES string of the molecule is CN1CCCC1CCOc1ccc(F)c(N)c1C(=O)O. The topological polar surface area (TPSA) is 75.8 Å². The van der Waals surface area contributed by atoms with Crippen molar-refractivity contribution in [1.29, 1.82) is 0 Å². The van der Waals surface area contributed by atoms with Crippen LogP contribution in [-0.2, 0) is 0 Å². The van der Waals surface area contributed by atoms with Crippen LogP contribution in [0.2, 0.25) is 0 Å². The molecule has 0 radical (unpaired) electrons. The number of hydrogen-bond donors (Lipinski definition) is 2. The second kappa shape index (κ2) is 6.09. The highest BCUT2D eigenvalue weighted by Crippen LogP contribution is 2.27. The summed E-state index contributed by atoms with van der Waals surface area (Å²) in [6.45, 7) is 1.47. The van der Waals surface area contributed by atoms with E-state index >= 15 is 0 Å². The van der Waals surface area contributed by atoms with Crippen LogP contribution in [0.3, 0.4) is 0 Å². The number of nitrogens with zero attached hydrogens (tertiary/aromatic N) is 1. The second-order valence-corrected chi connectivity index (χ2v) is 5.05. The van der Waals surface area contributed by atoms with E-state index in [0.29, 0.717) is 12.6 Å². The van der Waals surface area contributed by atoms with Crippen molar-refractivity contribution in [3.05, 3.63) is 23.5 Å². The zero-order valence-corrected chi connectivity index (χ0v) is 11.4. The molecule has 6 heteroatoms. The number of carboxylic acid groups (broad SMARTS) is 1. The lowest BCUT2D eigenvalue weighted by molar-refractivity contribution is 0.0692. The van der Waals surface area contributed by atoms with Crippen molar-refractivity contribution < 1.29 is 19.0 Å². The lowest BCUT2D eigenvalue weighted by atomic mass is 10.1. The van der Waals surface area contributed by atoms with Crippen LogP contribution in [0, 0.1) is 5.82 Å². The number of nitrogens with two attached hydrogens (primary N) is 1. The second-order valence-electron chi connectivity index (χ2n) is 5.05. The predicted octanol–water partition coefficient (Wildman–Crippen LogP) is 1.97. The third-order valence-electron chi connectivity index (χ3n) is 3.75. The van der Waals surface area contributed by atoms with Crippen molar-refractivity contribution in [1.82, 2.24) is 4.90 Å². The Bertz CT molecular complexity index is 507. The first-order valence-corrected chi connectivity index (χ1v) is 6.65. The highest BCUT2D eigenvalue weighted by molar-refractivity contribution is 5.96. The summed E-state index contributed by atoms with van der Waals surface area (Å²) in [5.41, 5.74) is 4.77. The highest BCUT2D eigenvalue weighted by atomic mass is 19.1. The van der Waals surface area contributed by atoms with Crippen LogP contribution in [0.1, 0.15) is 29.6 Å². The smallest absolute Gasteiger partial charge is 0.341 e. The van der Waals surface area contributed by atoms with Crippen LogP contribution in [0.4, 0.5) is 10.1 Å². The Kier molecular flexibility index (Phi) is 4.44. The fourth-order valence-corrected chi connectivity index (χ4v) is 2.56. The van der Waals surface area contributed by atoms with E-state index in [9.17, 15) is 9.18 Å². The number of nitrogen functional groups attached to an aromatic ring is 1. The molecular weight excluding hydrogens is 263 g/mol. The molecule has 1 aliphatic rings. The molecule has 0 spiro atoms. The molecule has 0 saturated carbocycles. The molecule has 1 saturated heterocycles. The van der Waals surface area contributed by atoms with Gasteiger partial charge in [-0.2, -0.15) is 0 Å². The summed E-state index contributed by atoms with van der Waals surface area (Å²) in [5.74, 6) is -1.91. The molecule has 1 fully saturated rings. The number of carbonyl (C=O) groups is 1. The molecule has 0 bridgehead atoms. The van der Waals surface area contributed by atoms with Crippen molar-refractivity contribution in [2.45, 2.75) is 25.3 Å². The molecule has 0 aromatic heterocycles. The molecular formula is C14H19FN2O3. The Morgan fingerprint density at radius 2 is 2.35 bits per heavy atom. The zero-order chi connectivity index (χ0) is 14.7. The van der Waals surface area contributed by atoms with Gasteiger partial charge in [-0.25, -0.2) is 9.18 Å². The van der Waals surface area contributed by atoms with Gasteiger partial charge in [0.25, 0.3) is 0 Å². The number of hydrogen-bond acceptors (Lipinski definition) is 4. The maximum Gasteiger partial charge on any atom is 0.341 e. The van der Waals surface area contributed by atoms with E-state index in [2.05, 4.69) is 11.9 Å². The van der Waals surface area contributed by atoms with E-state index in [-0.39, 0.29) is 17.0 Å². The van der Waals surface area contributed by atoms with E-state index < -0.39 is 11.8 Å². The van der Waals surface area contributed by atoms with Crippen molar-refractivity contribution in [3.63, 3.8) is 0 Å². The van der Waals surface area contributed by atoms with Crippen molar-refractivity contribution in [2.75, 3.05) is 25.9 Å². The number of anilines is 1. The standard InChI is InChI=1S/C14H19FN2O3/c1-17-7-2-3-9(17)6-8-20-11-5-4-10(15)13(16)12(11)14(18)19/h4-5,9H,2-3,6-8,16H2,1H3,(H,18,19). The Hall–Kier alpha value is -1.82. The summed E-state index contributed by atoms with van der Waals surface area (Å²) < 4.78 is 18.8. The van der Waals surface area contributed by atoms with Crippen molar-refractivity contribution >= 4 is 11.7 Å². The third-order valence-corrected chi connectivity index (χ3v) is 3.75. The van der Waals surface area contributed by atoms with Gasteiger partial charge in [0.05, 0.1) is 12.3 Å². The summed E-state index contributed by atoms with van der Waals surface area (Å²) in [6, 6.07) is 2.90. The van der Waals surface area contributed by atoms with E-state index in [0.717, 1.165) is 25.5 Å². The molecule has 3 N–H and O–H groups in total. The average molecular weight is 282 g/mol. The summed E-state index contributed by atoms with van der Waals surface area (Å²) >= 11 is 0. The minimum atomic E-state index is -1.28. The average Bonchev–Trinajstić information content (AvgIpc) is 2.79. The first-order chi connectivity index (χ1) is 9.50. The molecule has 1 unspecified atom stereocenters. The summed E-state index contributed by atoms with van der Waals surface area (Å²) in [5, 5.41) is 9.09. The quantitative estimate of drug-likeness (QED) is 0.807. The molecule has 2 rings (SSSR count). The molecule has 0 aliphatic carbocycles. The predicted molar refractivity (Wildman–Crippen MR) is 73.5 cm³/mol. The Morgan fingerprint density at radius 1 is 1.60 bits per heavy atom. The molecule has 0 amide bonds. The Balaban J connectivity index is 2.02. The van der Waals surface area contributed by atoms with E-state index in [1.165, 1.54) is 12.5 Å². The lowest BCUT2D eigenvalue weighted by Gasteiger charge is -2.19. The first kappa shape index (κ1) is 14.6. The lowest BCUT2D eigenvalue weighted by Crippen LogP contribution is -2.26. The molecule has 1 aliphatic heterocycles. The maximum absolute atomic E-state index is 13.3. The molecule has 5 nitrogen and oxygen atoms in total. The molecule has 20 heavy (non-hydrogen) atoms. The normalized spacial score (nSPS) is 19.2. The number of halogens is 1. The Labute approximate surface area is 117 Å². The number of carboxylic acids is 1. The maximum atomic E-state index is 13.3. The number of rotatable bonds is 5. The minimum Gasteiger partial charge on any atom is -0.493 e. The monoisotopic (exact) mass is 282 g/mol. The number of ether oxygens (including phenoxy) is 1. The van der Waals surface area contributed by atoms with Gasteiger partial charge in [-0.3, -0.25) is 0 Å². The minimum absolute atomic E-state index is 0.122. The van der Waals surface area contributed by atoms with Gasteiger partial charge < -0.3 is 20.5 Å². The highest BCUT2D eigenvalue weighted by Gasteiger charge is 2.22. The van der Waals surface area contributed by atoms with Gasteiger partial charge in [-0.1, -0.05) is 0 Å². The first-order valence-electron chi connectivity index (χ1n) is 6.65. The van der Waals surface area contributed by atoms with Gasteiger partial charge >= 0.3 is 5.97 Å². The zero-order valence-electron chi connectivity index (χ0n) is 11.4. The van der Waals surface area contributed by atoms with E-state index in [1.54, 1.807) is 0 Å². The fourth-order valence-electron chi connectivity index (χ4n) is 2.56. The van der Waals surface area contributed by atoms with Gasteiger partial charge in [-0.15, -0.1) is 0 Å². The molecule has 1 heterocycles. The van der Waals surface area contributed by atoms with Crippen LogP contribution in [0.5, 0.6) is 5.75 Å². The molecule has 110 valence electrons. The van der Waals surface area contributed by atoms with Crippen LogP contribution in [0.25, 0.3) is 0 Å². The van der Waals surface area contributed by atoms with Gasteiger partial charge in [0.15, 0.2) is 0 Å². The van der Waals surface area contributed by atoms with Crippen molar-refractivity contribution in [2.24, 2.45) is 0 Å². The van der Waals surface area contributed by atoms with Crippen LogP contribution in [-0.4, -0.2) is 42.2 Å². The molecule has 1 aromatic carbocycles. The van der Waals surface area contributed by atoms with Crippen molar-refractivity contribution in [3.8, 4) is 5.75 Å². The fraction of sp³-hybridized carbons (Fsp3) is 0.500. The van der Waals surface area contributed by atoms with Gasteiger partial charge in [0.2, 0.25) is 0 Å². The van der Waals surface area contributed by atoms with Crippen LogP contribution >= 0.6 is 0 Å². The van der Waals surface area contributed by atoms with E-state index in [4.69, 9.17) is 15.6 Å². The van der Waals surface area contributed by atoms with Gasteiger partial charge in [0.1, 0.15) is 17.1 Å². The molecule has 1 aromatic rings. The number of likely N-dealkylation sites (tertiary alicyclic amines) is 1. The third kappa shape index (κ3) is 3.01. The number of aromatic carboxylic acids is 1. The Morgan fingerprint density at radius 3 is 2.95 bits per heavy atom. The van der Waals surface area contributed by atoms with Crippen LogP contribution in [0.15, 0.2) is 12.1 Å². The van der Waals surface area contributed by atoms with E-state index in [1.807, 2.05) is 0 Å². The summed E-state index contributed by atoms with van der Waals surface area (Å²) in [4.78, 5) is 13.4. The van der Waals surface area contributed by atoms with Gasteiger partial charge in [-0.05, 0) is 45.0 Å². The summed E-state index contributed by atoms with van der Waals surface area (Å²) in [7, 11) is 2.07. The largest absolute Gasteiger partial charge is 0.493 e. The van der Waals surface area contributed by atoms with Gasteiger partial charge in [0, 0.05) is 6.04 Å².